The van der Waals surface area contributed by atoms with Crippen LogP contribution in [0.15, 0.2) is 48.5 Å². The zero-order valence-corrected chi connectivity index (χ0v) is 16.1. The fourth-order valence-corrected chi connectivity index (χ4v) is 3.28. The van der Waals surface area contributed by atoms with Crippen molar-refractivity contribution < 1.29 is 34.3 Å². The highest BCUT2D eigenvalue weighted by molar-refractivity contribution is 5.78. The summed E-state index contributed by atoms with van der Waals surface area (Å²) in [7, 11) is 0. The Kier molecular flexibility index (Phi) is 7.09. The molecule has 7 heteroatoms. The molecule has 3 N–H and O–H groups in total. The molecule has 2 atom stereocenters. The summed E-state index contributed by atoms with van der Waals surface area (Å²) < 4.78 is 16.7. The highest BCUT2D eigenvalue weighted by Crippen LogP contribution is 2.31. The van der Waals surface area contributed by atoms with Crippen LogP contribution in [0.4, 0.5) is 0 Å². The Morgan fingerprint density at radius 3 is 2.41 bits per heavy atom. The highest BCUT2D eigenvalue weighted by Gasteiger charge is 2.42. The number of carbonyl (C=O) groups is 1. The molecule has 1 aliphatic heterocycles. The second-order valence-electron chi connectivity index (χ2n) is 7.15. The van der Waals surface area contributed by atoms with Gasteiger partial charge in [0.15, 0.2) is 5.60 Å². The molecule has 0 amide bonds. The zero-order chi connectivity index (χ0) is 20.7. The molecule has 29 heavy (non-hydrogen) atoms. The summed E-state index contributed by atoms with van der Waals surface area (Å²) in [5, 5.41) is 28.7. The molecule has 2 aromatic carbocycles. The van der Waals surface area contributed by atoms with Crippen LogP contribution in [-0.2, 0) is 22.6 Å². The van der Waals surface area contributed by atoms with Crippen LogP contribution in [0.5, 0.6) is 11.5 Å². The molecular formula is C22H26O7. The van der Waals surface area contributed by atoms with Gasteiger partial charge in [0.2, 0.25) is 0 Å². The summed E-state index contributed by atoms with van der Waals surface area (Å²) in [6, 6.07) is 14.1. The first-order valence-electron chi connectivity index (χ1n) is 9.60. The molecule has 0 spiro atoms. The van der Waals surface area contributed by atoms with Crippen molar-refractivity contribution in [3.63, 3.8) is 0 Å². The lowest BCUT2D eigenvalue weighted by Gasteiger charge is -2.23. The molecular weight excluding hydrogens is 376 g/mol. The third-order valence-electron chi connectivity index (χ3n) is 4.87. The summed E-state index contributed by atoms with van der Waals surface area (Å²) in [6.07, 6.45) is 0.662. The lowest BCUT2D eigenvalue weighted by Crippen LogP contribution is -2.40. The van der Waals surface area contributed by atoms with Crippen LogP contribution < -0.4 is 9.47 Å². The van der Waals surface area contributed by atoms with Crippen LogP contribution >= 0.6 is 0 Å². The number of rotatable bonds is 10. The normalized spacial score (nSPS) is 19.7. The Hall–Kier alpha value is -2.61. The maximum Gasteiger partial charge on any atom is 0.336 e. The van der Waals surface area contributed by atoms with E-state index >= 15 is 0 Å². The van der Waals surface area contributed by atoms with Crippen molar-refractivity contribution >= 4 is 5.97 Å². The van der Waals surface area contributed by atoms with Gasteiger partial charge in [0, 0.05) is 13.0 Å². The number of carboxylic acids is 1. The first-order chi connectivity index (χ1) is 14.0. The van der Waals surface area contributed by atoms with E-state index in [0.29, 0.717) is 24.5 Å². The molecule has 156 valence electrons. The van der Waals surface area contributed by atoms with E-state index in [-0.39, 0.29) is 26.2 Å². The van der Waals surface area contributed by atoms with E-state index in [9.17, 15) is 15.0 Å². The molecule has 2 aromatic rings. The third kappa shape index (κ3) is 5.69. The number of aliphatic hydroxyl groups is 2. The van der Waals surface area contributed by atoms with Gasteiger partial charge in [-0.05, 0) is 48.2 Å². The maximum atomic E-state index is 11.6. The van der Waals surface area contributed by atoms with Crippen LogP contribution in [0.1, 0.15) is 24.0 Å². The summed E-state index contributed by atoms with van der Waals surface area (Å²) in [5.74, 6) is 0.201. The van der Waals surface area contributed by atoms with Crippen LogP contribution in [0.2, 0.25) is 0 Å². The standard InChI is InChI=1S/C22H26O7/c23-13-16-5-7-19(8-6-16)27-14-18(24)15-28-20-4-1-3-17(11-20)12-22(21(25)26)9-2-10-29-22/h1,3-8,11,18,23-24H,2,9-10,12-15H2,(H,25,26)/t18-,22?/m1/s1. The van der Waals surface area contributed by atoms with E-state index in [2.05, 4.69) is 0 Å². The monoisotopic (exact) mass is 402 g/mol. The maximum absolute atomic E-state index is 11.6. The van der Waals surface area contributed by atoms with E-state index in [0.717, 1.165) is 17.5 Å². The van der Waals surface area contributed by atoms with Crippen molar-refractivity contribution in [2.75, 3.05) is 19.8 Å². The minimum Gasteiger partial charge on any atom is -0.491 e. The second kappa shape index (κ2) is 9.73. The molecule has 0 saturated carbocycles. The van der Waals surface area contributed by atoms with Crippen molar-refractivity contribution in [2.24, 2.45) is 0 Å². The van der Waals surface area contributed by atoms with E-state index in [1.807, 2.05) is 6.07 Å². The average molecular weight is 402 g/mol. The number of carboxylic acid groups (broad SMARTS) is 1. The minimum atomic E-state index is -1.17. The fraction of sp³-hybridized carbons (Fsp3) is 0.409. The third-order valence-corrected chi connectivity index (χ3v) is 4.87. The predicted molar refractivity (Wildman–Crippen MR) is 105 cm³/mol. The zero-order valence-electron chi connectivity index (χ0n) is 16.1. The molecule has 7 nitrogen and oxygen atoms in total. The van der Waals surface area contributed by atoms with E-state index in [1.165, 1.54) is 0 Å². The SMILES string of the molecule is O=C(O)C1(Cc2cccc(OC[C@H](O)COc3ccc(CO)cc3)c2)CCCO1. The Bertz CT molecular complexity index is 797. The molecule has 0 radical (unpaired) electrons. The number of aliphatic hydroxyl groups excluding tert-OH is 2. The van der Waals surface area contributed by atoms with Gasteiger partial charge in [0.1, 0.15) is 30.8 Å². The molecule has 0 bridgehead atoms. The van der Waals surface area contributed by atoms with Crippen LogP contribution in [0, 0.1) is 0 Å². The van der Waals surface area contributed by atoms with Crippen molar-refractivity contribution in [1.29, 1.82) is 0 Å². The lowest BCUT2D eigenvalue weighted by molar-refractivity contribution is -0.159. The summed E-state index contributed by atoms with van der Waals surface area (Å²) in [4.78, 5) is 11.6. The van der Waals surface area contributed by atoms with E-state index < -0.39 is 17.7 Å². The van der Waals surface area contributed by atoms with Crippen molar-refractivity contribution in [3.8, 4) is 11.5 Å². The van der Waals surface area contributed by atoms with Gasteiger partial charge in [-0.25, -0.2) is 4.79 Å². The van der Waals surface area contributed by atoms with Gasteiger partial charge < -0.3 is 29.5 Å². The molecule has 1 fully saturated rings. The molecule has 1 saturated heterocycles. The van der Waals surface area contributed by atoms with E-state index in [1.54, 1.807) is 42.5 Å². The first-order valence-corrected chi connectivity index (χ1v) is 9.60. The largest absolute Gasteiger partial charge is 0.491 e. The van der Waals surface area contributed by atoms with Gasteiger partial charge in [0.25, 0.3) is 0 Å². The van der Waals surface area contributed by atoms with Crippen molar-refractivity contribution in [2.45, 2.75) is 37.6 Å². The quantitative estimate of drug-likeness (QED) is 0.559. The molecule has 1 unspecified atom stereocenters. The van der Waals surface area contributed by atoms with Gasteiger partial charge in [-0.15, -0.1) is 0 Å². The predicted octanol–water partition coefficient (Wildman–Crippen LogP) is 2.17. The smallest absolute Gasteiger partial charge is 0.336 e. The summed E-state index contributed by atoms with van der Waals surface area (Å²) >= 11 is 0. The molecule has 3 rings (SSSR count). The van der Waals surface area contributed by atoms with Gasteiger partial charge in [-0.3, -0.25) is 0 Å². The fourth-order valence-electron chi connectivity index (χ4n) is 3.28. The molecule has 1 aliphatic rings. The topological polar surface area (TPSA) is 105 Å². The summed E-state index contributed by atoms with van der Waals surface area (Å²) in [5.41, 5.74) is 0.424. The van der Waals surface area contributed by atoms with Gasteiger partial charge in [0.05, 0.1) is 6.61 Å². The van der Waals surface area contributed by atoms with Crippen LogP contribution in [0.25, 0.3) is 0 Å². The minimum absolute atomic E-state index is 0.0322. The van der Waals surface area contributed by atoms with Crippen molar-refractivity contribution in [3.05, 3.63) is 59.7 Å². The van der Waals surface area contributed by atoms with Crippen molar-refractivity contribution in [1.82, 2.24) is 0 Å². The lowest BCUT2D eigenvalue weighted by atomic mass is 9.91. The number of benzene rings is 2. The average Bonchev–Trinajstić information content (AvgIpc) is 3.21. The number of ether oxygens (including phenoxy) is 3. The van der Waals surface area contributed by atoms with E-state index in [4.69, 9.17) is 19.3 Å². The van der Waals surface area contributed by atoms with Gasteiger partial charge >= 0.3 is 5.97 Å². The highest BCUT2D eigenvalue weighted by atomic mass is 16.5. The summed E-state index contributed by atoms with van der Waals surface area (Å²) in [6.45, 7) is 0.528. The number of hydrogen-bond donors (Lipinski definition) is 3. The molecule has 0 aliphatic carbocycles. The first kappa shape index (κ1) is 21.1. The number of aliphatic carboxylic acids is 1. The van der Waals surface area contributed by atoms with Gasteiger partial charge in [-0.2, -0.15) is 0 Å². The van der Waals surface area contributed by atoms with Crippen LogP contribution in [0.3, 0.4) is 0 Å². The van der Waals surface area contributed by atoms with Gasteiger partial charge in [-0.1, -0.05) is 24.3 Å². The Labute approximate surface area is 169 Å². The second-order valence-corrected chi connectivity index (χ2v) is 7.15. The molecule has 1 heterocycles. The Balaban J connectivity index is 1.50. The van der Waals surface area contributed by atoms with Crippen LogP contribution in [-0.4, -0.2) is 52.8 Å². The Morgan fingerprint density at radius 1 is 1.07 bits per heavy atom. The number of hydrogen-bond acceptors (Lipinski definition) is 6. The Morgan fingerprint density at radius 2 is 1.79 bits per heavy atom. The molecule has 0 aromatic heterocycles.